The molecule has 0 radical (unpaired) electrons. The summed E-state index contributed by atoms with van der Waals surface area (Å²) in [6.07, 6.45) is 1.47. The van der Waals surface area contributed by atoms with Crippen LogP contribution >= 0.6 is 0 Å². The van der Waals surface area contributed by atoms with Crippen molar-refractivity contribution in [1.29, 1.82) is 0 Å². The van der Waals surface area contributed by atoms with E-state index in [9.17, 15) is 15.2 Å². The fraction of sp³-hybridized carbons (Fsp3) is 0.0714. The van der Waals surface area contributed by atoms with E-state index < -0.39 is 4.92 Å². The second kappa shape index (κ2) is 6.38. The number of phenolic OH excluding ortho intramolecular Hbond substituents is 1. The Balaban J connectivity index is 2.15. The second-order valence-corrected chi connectivity index (χ2v) is 4.08. The molecule has 0 amide bonds. The lowest BCUT2D eigenvalue weighted by Crippen LogP contribution is -1.96. The molecule has 7 nitrogen and oxygen atoms in total. The van der Waals surface area contributed by atoms with Crippen LogP contribution < -0.4 is 10.2 Å². The number of rotatable bonds is 5. The maximum Gasteiger partial charge on any atom is 0.294 e. The maximum absolute atomic E-state index is 10.8. The van der Waals surface area contributed by atoms with Crippen molar-refractivity contribution in [3.63, 3.8) is 0 Å². The Morgan fingerprint density at radius 2 is 2.10 bits per heavy atom. The SMILES string of the molecule is COc1cc(C=NNc2ccccc2[N+](=O)[O-])ccc1O. The summed E-state index contributed by atoms with van der Waals surface area (Å²) in [6.45, 7) is 0. The lowest BCUT2D eigenvalue weighted by atomic mass is 10.2. The van der Waals surface area contributed by atoms with Crippen LogP contribution in [0.5, 0.6) is 11.5 Å². The van der Waals surface area contributed by atoms with Crippen LogP contribution in [0.2, 0.25) is 0 Å². The third-order valence-electron chi connectivity index (χ3n) is 2.70. The van der Waals surface area contributed by atoms with Crippen molar-refractivity contribution in [1.82, 2.24) is 0 Å². The molecule has 0 aliphatic rings. The molecule has 0 bridgehead atoms. The molecule has 21 heavy (non-hydrogen) atoms. The van der Waals surface area contributed by atoms with Crippen molar-refractivity contribution in [2.24, 2.45) is 5.10 Å². The fourth-order valence-electron chi connectivity index (χ4n) is 1.68. The molecule has 2 aromatic rings. The summed E-state index contributed by atoms with van der Waals surface area (Å²) >= 11 is 0. The molecule has 0 aliphatic carbocycles. The number of nitro groups is 1. The summed E-state index contributed by atoms with van der Waals surface area (Å²) in [5, 5.41) is 24.3. The first-order valence-corrected chi connectivity index (χ1v) is 6.01. The summed E-state index contributed by atoms with van der Waals surface area (Å²) in [5.41, 5.74) is 3.53. The van der Waals surface area contributed by atoms with Gasteiger partial charge in [-0.3, -0.25) is 15.5 Å². The molecule has 0 aromatic heterocycles. The van der Waals surface area contributed by atoms with E-state index >= 15 is 0 Å². The number of aromatic hydroxyl groups is 1. The number of methoxy groups -OCH3 is 1. The van der Waals surface area contributed by atoms with Gasteiger partial charge in [0.05, 0.1) is 18.2 Å². The molecule has 0 atom stereocenters. The average molecular weight is 287 g/mol. The second-order valence-electron chi connectivity index (χ2n) is 4.08. The van der Waals surface area contributed by atoms with Gasteiger partial charge >= 0.3 is 0 Å². The lowest BCUT2D eigenvalue weighted by molar-refractivity contribution is -0.384. The molecular weight excluding hydrogens is 274 g/mol. The van der Waals surface area contributed by atoms with Crippen molar-refractivity contribution in [2.75, 3.05) is 12.5 Å². The molecule has 2 N–H and O–H groups in total. The highest BCUT2D eigenvalue weighted by Crippen LogP contribution is 2.26. The van der Waals surface area contributed by atoms with Gasteiger partial charge in [0.1, 0.15) is 5.69 Å². The standard InChI is InChI=1S/C14H13N3O4/c1-21-14-8-10(6-7-13(14)18)9-15-16-11-4-2-3-5-12(11)17(19)20/h2-9,16,18H,1H3. The van der Waals surface area contributed by atoms with Crippen molar-refractivity contribution in [3.05, 3.63) is 58.1 Å². The highest BCUT2D eigenvalue weighted by atomic mass is 16.6. The Kier molecular flexibility index (Phi) is 4.35. The van der Waals surface area contributed by atoms with Gasteiger partial charge in [-0.1, -0.05) is 12.1 Å². The minimum absolute atomic E-state index is 0.0290. The number of nitrogens with one attached hydrogen (secondary N) is 1. The zero-order valence-corrected chi connectivity index (χ0v) is 11.2. The number of hydrazone groups is 1. The predicted molar refractivity (Wildman–Crippen MR) is 79.0 cm³/mol. The zero-order valence-electron chi connectivity index (χ0n) is 11.2. The van der Waals surface area contributed by atoms with Crippen LogP contribution in [-0.4, -0.2) is 23.4 Å². The Bertz CT molecular complexity index is 686. The molecule has 0 heterocycles. The number of hydrogen-bond acceptors (Lipinski definition) is 6. The molecule has 0 unspecified atom stereocenters. The molecular formula is C14H13N3O4. The van der Waals surface area contributed by atoms with E-state index in [1.165, 1.54) is 25.5 Å². The van der Waals surface area contributed by atoms with E-state index in [4.69, 9.17) is 4.74 Å². The van der Waals surface area contributed by atoms with Gasteiger partial charge in [-0.05, 0) is 29.8 Å². The molecule has 7 heteroatoms. The topological polar surface area (TPSA) is 97.0 Å². The van der Waals surface area contributed by atoms with E-state index in [-0.39, 0.29) is 11.4 Å². The number of hydrogen-bond donors (Lipinski definition) is 2. The highest BCUT2D eigenvalue weighted by molar-refractivity contribution is 5.81. The van der Waals surface area contributed by atoms with Crippen molar-refractivity contribution in [2.45, 2.75) is 0 Å². The summed E-state index contributed by atoms with van der Waals surface area (Å²) in [7, 11) is 1.45. The molecule has 108 valence electrons. The average Bonchev–Trinajstić information content (AvgIpc) is 2.49. The third-order valence-corrected chi connectivity index (χ3v) is 2.70. The monoisotopic (exact) mass is 287 g/mol. The van der Waals surface area contributed by atoms with Gasteiger partial charge in [-0.2, -0.15) is 5.10 Å². The van der Waals surface area contributed by atoms with E-state index in [1.54, 1.807) is 30.3 Å². The summed E-state index contributed by atoms with van der Waals surface area (Å²) in [6, 6.07) is 10.9. The highest BCUT2D eigenvalue weighted by Gasteiger charge is 2.10. The molecule has 0 aliphatic heterocycles. The lowest BCUT2D eigenvalue weighted by Gasteiger charge is -2.04. The fourth-order valence-corrected chi connectivity index (χ4v) is 1.68. The number of ether oxygens (including phenoxy) is 1. The quantitative estimate of drug-likeness (QED) is 0.500. The van der Waals surface area contributed by atoms with Crippen LogP contribution in [0.15, 0.2) is 47.6 Å². The number of para-hydroxylation sites is 2. The molecule has 0 saturated heterocycles. The van der Waals surface area contributed by atoms with Gasteiger partial charge in [0.2, 0.25) is 0 Å². The van der Waals surface area contributed by atoms with Crippen LogP contribution in [0, 0.1) is 10.1 Å². The number of phenols is 1. The summed E-state index contributed by atoms with van der Waals surface area (Å²) in [4.78, 5) is 10.4. The minimum Gasteiger partial charge on any atom is -0.504 e. The van der Waals surface area contributed by atoms with Gasteiger partial charge in [0.25, 0.3) is 5.69 Å². The smallest absolute Gasteiger partial charge is 0.294 e. The Labute approximate surface area is 120 Å². The molecule has 2 rings (SSSR count). The summed E-state index contributed by atoms with van der Waals surface area (Å²) < 4.78 is 4.98. The number of anilines is 1. The van der Waals surface area contributed by atoms with Crippen LogP contribution in [0.1, 0.15) is 5.56 Å². The van der Waals surface area contributed by atoms with E-state index in [0.29, 0.717) is 17.0 Å². The third kappa shape index (κ3) is 3.47. The first kappa shape index (κ1) is 14.3. The van der Waals surface area contributed by atoms with Crippen LogP contribution in [0.4, 0.5) is 11.4 Å². The van der Waals surface area contributed by atoms with Crippen LogP contribution in [0.3, 0.4) is 0 Å². The van der Waals surface area contributed by atoms with E-state index in [2.05, 4.69) is 10.5 Å². The Morgan fingerprint density at radius 3 is 2.81 bits per heavy atom. The maximum atomic E-state index is 10.8. The van der Waals surface area contributed by atoms with Gasteiger partial charge in [-0.25, -0.2) is 0 Å². The largest absolute Gasteiger partial charge is 0.504 e. The van der Waals surface area contributed by atoms with Gasteiger partial charge in [0, 0.05) is 6.07 Å². The van der Waals surface area contributed by atoms with Crippen molar-refractivity contribution in [3.8, 4) is 11.5 Å². The first-order valence-electron chi connectivity index (χ1n) is 6.01. The van der Waals surface area contributed by atoms with Gasteiger partial charge in [-0.15, -0.1) is 0 Å². The Hall–Kier alpha value is -3.09. The van der Waals surface area contributed by atoms with Crippen LogP contribution in [-0.2, 0) is 0 Å². The number of nitrogens with zero attached hydrogens (tertiary/aromatic N) is 2. The number of nitro benzene ring substituents is 1. The van der Waals surface area contributed by atoms with E-state index in [1.807, 2.05) is 0 Å². The molecule has 2 aromatic carbocycles. The van der Waals surface area contributed by atoms with E-state index in [0.717, 1.165) is 0 Å². The molecule has 0 saturated carbocycles. The normalized spacial score (nSPS) is 10.5. The molecule has 0 fully saturated rings. The van der Waals surface area contributed by atoms with Gasteiger partial charge < -0.3 is 9.84 Å². The Morgan fingerprint density at radius 1 is 1.33 bits per heavy atom. The minimum atomic E-state index is -0.485. The van der Waals surface area contributed by atoms with Gasteiger partial charge in [0.15, 0.2) is 11.5 Å². The molecule has 0 spiro atoms. The van der Waals surface area contributed by atoms with Crippen LogP contribution in [0.25, 0.3) is 0 Å². The number of benzene rings is 2. The predicted octanol–water partition coefficient (Wildman–Crippen LogP) is 2.76. The van der Waals surface area contributed by atoms with Crippen molar-refractivity contribution < 1.29 is 14.8 Å². The van der Waals surface area contributed by atoms with Crippen molar-refractivity contribution >= 4 is 17.6 Å². The first-order chi connectivity index (χ1) is 10.1. The zero-order chi connectivity index (χ0) is 15.2. The summed E-state index contributed by atoms with van der Waals surface area (Å²) in [5.74, 6) is 0.353.